The molecule has 2 aromatic carbocycles. The molecule has 2 aromatic rings. The van der Waals surface area contributed by atoms with Crippen LogP contribution in [-0.2, 0) is 0 Å². The molecule has 0 saturated carbocycles. The van der Waals surface area contributed by atoms with Gasteiger partial charge in [0.2, 0.25) is 0 Å². The molecular formula is C17H21N. The van der Waals surface area contributed by atoms with Gasteiger partial charge < -0.3 is 4.90 Å². The third-order valence-electron chi connectivity index (χ3n) is 3.16. The molecule has 0 atom stereocenters. The van der Waals surface area contributed by atoms with Gasteiger partial charge in [-0.2, -0.15) is 0 Å². The van der Waals surface area contributed by atoms with Crippen molar-refractivity contribution in [2.24, 2.45) is 0 Å². The average Bonchev–Trinajstić information content (AvgIpc) is 2.33. The highest BCUT2D eigenvalue weighted by Gasteiger charge is 2.14. The minimum absolute atomic E-state index is 0.439. The second kappa shape index (κ2) is 5.26. The van der Waals surface area contributed by atoms with Crippen molar-refractivity contribution in [3.63, 3.8) is 0 Å². The van der Waals surface area contributed by atoms with Crippen molar-refractivity contribution in [3.05, 3.63) is 59.7 Å². The zero-order chi connectivity index (χ0) is 13.1. The first-order valence-corrected chi connectivity index (χ1v) is 6.51. The molecule has 94 valence electrons. The molecular weight excluding hydrogens is 218 g/mol. The molecule has 2 rings (SSSR count). The standard InChI is InChI=1S/C17H21N/c1-13(2)18(16-8-6-5-7-9-16)17-11-10-14(3)12-15(17)4/h5-13H,1-4H3. The zero-order valence-electron chi connectivity index (χ0n) is 11.6. The van der Waals surface area contributed by atoms with Crippen molar-refractivity contribution in [1.82, 2.24) is 0 Å². The SMILES string of the molecule is Cc1ccc(N(c2ccccc2)C(C)C)c(C)c1. The van der Waals surface area contributed by atoms with E-state index in [1.807, 2.05) is 0 Å². The first-order chi connectivity index (χ1) is 8.59. The fourth-order valence-corrected chi connectivity index (χ4v) is 2.38. The van der Waals surface area contributed by atoms with E-state index < -0.39 is 0 Å². The summed E-state index contributed by atoms with van der Waals surface area (Å²) >= 11 is 0. The molecule has 0 saturated heterocycles. The van der Waals surface area contributed by atoms with E-state index in [0.717, 1.165) is 0 Å². The van der Waals surface area contributed by atoms with E-state index in [1.165, 1.54) is 22.5 Å². The number of nitrogens with zero attached hydrogens (tertiary/aromatic N) is 1. The Morgan fingerprint density at radius 1 is 0.889 bits per heavy atom. The van der Waals surface area contributed by atoms with Crippen LogP contribution < -0.4 is 4.90 Å². The summed E-state index contributed by atoms with van der Waals surface area (Å²) in [5, 5.41) is 0. The van der Waals surface area contributed by atoms with Crippen LogP contribution in [0.5, 0.6) is 0 Å². The molecule has 0 aliphatic heterocycles. The number of aryl methyl sites for hydroxylation is 2. The van der Waals surface area contributed by atoms with Crippen LogP contribution in [0.1, 0.15) is 25.0 Å². The topological polar surface area (TPSA) is 3.24 Å². The Balaban J connectivity index is 2.49. The monoisotopic (exact) mass is 239 g/mol. The molecule has 0 radical (unpaired) electrons. The van der Waals surface area contributed by atoms with Crippen LogP contribution in [-0.4, -0.2) is 6.04 Å². The van der Waals surface area contributed by atoms with Crippen LogP contribution in [0.2, 0.25) is 0 Å². The predicted octanol–water partition coefficient (Wildman–Crippen LogP) is 4.85. The van der Waals surface area contributed by atoms with Crippen molar-refractivity contribution in [1.29, 1.82) is 0 Å². The fourth-order valence-electron chi connectivity index (χ4n) is 2.38. The molecule has 0 unspecified atom stereocenters. The maximum absolute atomic E-state index is 2.38. The van der Waals surface area contributed by atoms with Gasteiger partial charge in [-0.1, -0.05) is 35.9 Å². The number of benzene rings is 2. The van der Waals surface area contributed by atoms with Gasteiger partial charge in [-0.05, 0) is 51.5 Å². The average molecular weight is 239 g/mol. The third kappa shape index (κ3) is 2.56. The first kappa shape index (κ1) is 12.7. The van der Waals surface area contributed by atoms with Gasteiger partial charge in [-0.3, -0.25) is 0 Å². The molecule has 1 nitrogen and oxygen atoms in total. The van der Waals surface area contributed by atoms with Crippen molar-refractivity contribution in [3.8, 4) is 0 Å². The lowest BCUT2D eigenvalue weighted by atomic mass is 10.1. The van der Waals surface area contributed by atoms with Crippen LogP contribution in [0.25, 0.3) is 0 Å². The van der Waals surface area contributed by atoms with E-state index in [-0.39, 0.29) is 0 Å². The van der Waals surface area contributed by atoms with Gasteiger partial charge >= 0.3 is 0 Å². The van der Waals surface area contributed by atoms with Gasteiger partial charge in [0.1, 0.15) is 0 Å². The lowest BCUT2D eigenvalue weighted by Crippen LogP contribution is -2.26. The Kier molecular flexibility index (Phi) is 3.71. The molecule has 0 fully saturated rings. The molecule has 0 N–H and O–H groups in total. The van der Waals surface area contributed by atoms with Crippen LogP contribution >= 0.6 is 0 Å². The Morgan fingerprint density at radius 3 is 2.11 bits per heavy atom. The number of rotatable bonds is 3. The van der Waals surface area contributed by atoms with Crippen molar-refractivity contribution in [2.75, 3.05) is 4.90 Å². The van der Waals surface area contributed by atoms with E-state index in [4.69, 9.17) is 0 Å². The quantitative estimate of drug-likeness (QED) is 0.740. The molecule has 0 aliphatic rings. The summed E-state index contributed by atoms with van der Waals surface area (Å²) in [4.78, 5) is 2.38. The molecule has 0 heterocycles. The van der Waals surface area contributed by atoms with E-state index in [1.54, 1.807) is 0 Å². The van der Waals surface area contributed by atoms with Crippen molar-refractivity contribution in [2.45, 2.75) is 33.7 Å². The number of hydrogen-bond donors (Lipinski definition) is 0. The highest BCUT2D eigenvalue weighted by Crippen LogP contribution is 2.30. The highest BCUT2D eigenvalue weighted by atomic mass is 15.2. The molecule has 1 heteroatoms. The van der Waals surface area contributed by atoms with E-state index in [0.29, 0.717) is 6.04 Å². The van der Waals surface area contributed by atoms with Gasteiger partial charge in [0.15, 0.2) is 0 Å². The number of para-hydroxylation sites is 1. The third-order valence-corrected chi connectivity index (χ3v) is 3.16. The van der Waals surface area contributed by atoms with Gasteiger partial charge in [0, 0.05) is 17.4 Å². The Hall–Kier alpha value is -1.76. The summed E-state index contributed by atoms with van der Waals surface area (Å²) in [7, 11) is 0. The van der Waals surface area contributed by atoms with E-state index >= 15 is 0 Å². The highest BCUT2D eigenvalue weighted by molar-refractivity contribution is 5.67. The van der Waals surface area contributed by atoms with Crippen LogP contribution in [0.3, 0.4) is 0 Å². The minimum atomic E-state index is 0.439. The maximum Gasteiger partial charge on any atom is 0.0443 e. The normalized spacial score (nSPS) is 10.7. The van der Waals surface area contributed by atoms with Gasteiger partial charge in [-0.25, -0.2) is 0 Å². The van der Waals surface area contributed by atoms with Gasteiger partial charge in [-0.15, -0.1) is 0 Å². The minimum Gasteiger partial charge on any atom is -0.339 e. The molecule has 0 aromatic heterocycles. The smallest absolute Gasteiger partial charge is 0.0443 e. The predicted molar refractivity (Wildman–Crippen MR) is 79.6 cm³/mol. The Morgan fingerprint density at radius 2 is 1.56 bits per heavy atom. The molecule has 18 heavy (non-hydrogen) atoms. The number of hydrogen-bond acceptors (Lipinski definition) is 1. The Labute approximate surface area is 110 Å². The van der Waals surface area contributed by atoms with E-state index in [2.05, 4.69) is 81.1 Å². The van der Waals surface area contributed by atoms with Crippen LogP contribution in [0, 0.1) is 13.8 Å². The summed E-state index contributed by atoms with van der Waals surface area (Å²) < 4.78 is 0. The van der Waals surface area contributed by atoms with Crippen molar-refractivity contribution < 1.29 is 0 Å². The molecule has 0 bridgehead atoms. The largest absolute Gasteiger partial charge is 0.339 e. The van der Waals surface area contributed by atoms with Gasteiger partial charge in [0.05, 0.1) is 0 Å². The Bertz CT molecular complexity index is 514. The first-order valence-electron chi connectivity index (χ1n) is 6.51. The summed E-state index contributed by atoms with van der Waals surface area (Å²) in [5.41, 5.74) is 5.18. The molecule has 0 spiro atoms. The molecule has 0 amide bonds. The summed E-state index contributed by atoms with van der Waals surface area (Å²) in [6, 6.07) is 17.7. The van der Waals surface area contributed by atoms with Crippen LogP contribution in [0.4, 0.5) is 11.4 Å². The lowest BCUT2D eigenvalue weighted by Gasteiger charge is -2.30. The van der Waals surface area contributed by atoms with E-state index in [9.17, 15) is 0 Å². The second-order valence-electron chi connectivity index (χ2n) is 5.09. The number of anilines is 2. The fraction of sp³-hybridized carbons (Fsp3) is 0.294. The summed E-state index contributed by atoms with van der Waals surface area (Å²) in [6.07, 6.45) is 0. The van der Waals surface area contributed by atoms with Crippen LogP contribution in [0.15, 0.2) is 48.5 Å². The lowest BCUT2D eigenvalue weighted by molar-refractivity contribution is 0.786. The maximum atomic E-state index is 2.38. The zero-order valence-corrected chi connectivity index (χ0v) is 11.6. The summed E-state index contributed by atoms with van der Waals surface area (Å²) in [5.74, 6) is 0. The summed E-state index contributed by atoms with van der Waals surface area (Å²) in [6.45, 7) is 8.78. The van der Waals surface area contributed by atoms with Crippen molar-refractivity contribution >= 4 is 11.4 Å². The molecule has 0 aliphatic carbocycles. The second-order valence-corrected chi connectivity index (χ2v) is 5.09. The van der Waals surface area contributed by atoms with Gasteiger partial charge in [0.25, 0.3) is 0 Å².